The molecule has 0 bridgehead atoms. The fraction of sp³-hybridized carbons (Fsp3) is 0.0417. The highest BCUT2D eigenvalue weighted by Crippen LogP contribution is 2.36. The standard InChI is InChI=1S/C24H18N2S/c1-25-24-18(14-15-27-24)16-17-8-7-12-21-20-11-5-6-13-22(20)26(23(17)21)19-9-3-2-4-10-19/h2-15H,1,16H2. The van der Waals surface area contributed by atoms with Gasteiger partial charge >= 0.3 is 0 Å². The van der Waals surface area contributed by atoms with Gasteiger partial charge in [-0.1, -0.05) is 54.6 Å². The summed E-state index contributed by atoms with van der Waals surface area (Å²) in [7, 11) is 0. The molecule has 0 amide bonds. The predicted molar refractivity (Wildman–Crippen MR) is 117 cm³/mol. The molecule has 0 unspecified atom stereocenters. The van der Waals surface area contributed by atoms with Gasteiger partial charge in [0.15, 0.2) is 0 Å². The molecule has 0 aliphatic rings. The van der Waals surface area contributed by atoms with Crippen molar-refractivity contribution in [1.29, 1.82) is 0 Å². The first-order chi connectivity index (χ1) is 13.4. The van der Waals surface area contributed by atoms with E-state index in [1.54, 1.807) is 11.3 Å². The molecular weight excluding hydrogens is 348 g/mol. The Morgan fingerprint density at radius 2 is 1.56 bits per heavy atom. The third-order valence-corrected chi connectivity index (χ3v) is 5.93. The quantitative estimate of drug-likeness (QED) is 0.312. The second-order valence-electron chi connectivity index (χ2n) is 6.59. The van der Waals surface area contributed by atoms with Gasteiger partial charge in [-0.15, -0.1) is 11.3 Å². The molecule has 0 fully saturated rings. The maximum absolute atomic E-state index is 4.19. The molecule has 0 aliphatic heterocycles. The maximum atomic E-state index is 4.19. The van der Waals surface area contributed by atoms with Crippen molar-refractivity contribution in [2.45, 2.75) is 6.42 Å². The van der Waals surface area contributed by atoms with Gasteiger partial charge in [-0.2, -0.15) is 0 Å². The van der Waals surface area contributed by atoms with E-state index in [-0.39, 0.29) is 0 Å². The van der Waals surface area contributed by atoms with Gasteiger partial charge in [-0.05, 0) is 47.5 Å². The van der Waals surface area contributed by atoms with E-state index in [1.807, 2.05) is 0 Å². The van der Waals surface area contributed by atoms with Crippen LogP contribution in [0.25, 0.3) is 27.5 Å². The Labute approximate surface area is 162 Å². The molecule has 0 radical (unpaired) electrons. The minimum Gasteiger partial charge on any atom is -0.309 e. The van der Waals surface area contributed by atoms with Gasteiger partial charge in [-0.25, -0.2) is 0 Å². The van der Waals surface area contributed by atoms with Crippen molar-refractivity contribution in [2.75, 3.05) is 0 Å². The highest BCUT2D eigenvalue weighted by Gasteiger charge is 2.16. The van der Waals surface area contributed by atoms with Crippen LogP contribution in [-0.2, 0) is 6.42 Å². The molecule has 0 aliphatic carbocycles. The molecule has 2 aromatic heterocycles. The Balaban J connectivity index is 1.84. The first kappa shape index (κ1) is 16.0. The number of aliphatic imine (C=N–C) groups is 1. The summed E-state index contributed by atoms with van der Waals surface area (Å²) in [5, 5.41) is 5.67. The summed E-state index contributed by atoms with van der Waals surface area (Å²) in [6, 6.07) is 28.0. The number of para-hydroxylation sites is 3. The van der Waals surface area contributed by atoms with E-state index in [1.165, 1.54) is 38.6 Å². The molecule has 0 saturated heterocycles. The number of hydrogen-bond donors (Lipinski definition) is 0. The van der Waals surface area contributed by atoms with Crippen LogP contribution in [0, 0.1) is 0 Å². The lowest BCUT2D eigenvalue weighted by Crippen LogP contribution is -1.97. The lowest BCUT2D eigenvalue weighted by Gasteiger charge is -2.11. The van der Waals surface area contributed by atoms with Crippen molar-refractivity contribution in [1.82, 2.24) is 4.57 Å². The Hall–Kier alpha value is -3.17. The number of benzene rings is 3. The van der Waals surface area contributed by atoms with E-state index in [2.05, 4.69) is 101 Å². The molecule has 0 N–H and O–H groups in total. The molecule has 130 valence electrons. The van der Waals surface area contributed by atoms with Crippen LogP contribution in [0.5, 0.6) is 0 Å². The number of aromatic nitrogens is 1. The minimum atomic E-state index is 0.846. The fourth-order valence-electron chi connectivity index (χ4n) is 3.88. The van der Waals surface area contributed by atoms with Gasteiger partial charge in [0.2, 0.25) is 0 Å². The molecule has 2 heterocycles. The van der Waals surface area contributed by atoms with Crippen molar-refractivity contribution in [3.05, 3.63) is 95.4 Å². The van der Waals surface area contributed by atoms with Gasteiger partial charge in [0.1, 0.15) is 5.00 Å². The molecule has 5 aromatic rings. The van der Waals surface area contributed by atoms with E-state index in [0.717, 1.165) is 11.4 Å². The van der Waals surface area contributed by atoms with Crippen molar-refractivity contribution in [2.24, 2.45) is 4.99 Å². The van der Waals surface area contributed by atoms with Crippen LogP contribution >= 0.6 is 11.3 Å². The monoisotopic (exact) mass is 366 g/mol. The average Bonchev–Trinajstić information content (AvgIpc) is 3.31. The van der Waals surface area contributed by atoms with Crippen LogP contribution in [0.1, 0.15) is 11.1 Å². The van der Waals surface area contributed by atoms with Crippen LogP contribution < -0.4 is 0 Å². The Bertz CT molecular complexity index is 1260. The van der Waals surface area contributed by atoms with Crippen LogP contribution in [0.4, 0.5) is 5.00 Å². The summed E-state index contributed by atoms with van der Waals surface area (Å²) in [6.07, 6.45) is 0.846. The Kier molecular flexibility index (Phi) is 3.88. The SMILES string of the molecule is C=Nc1sccc1Cc1cccc2c3ccccc3n(-c3ccccc3)c12. The highest BCUT2D eigenvalue weighted by atomic mass is 32.1. The third-order valence-electron chi connectivity index (χ3n) is 5.04. The third kappa shape index (κ3) is 2.59. The molecule has 5 rings (SSSR count). The molecule has 0 atom stereocenters. The maximum Gasteiger partial charge on any atom is 0.118 e. The molecule has 3 heteroatoms. The van der Waals surface area contributed by atoms with Crippen LogP contribution in [-0.4, -0.2) is 11.3 Å². The van der Waals surface area contributed by atoms with E-state index in [9.17, 15) is 0 Å². The van der Waals surface area contributed by atoms with Gasteiger partial charge in [-0.3, -0.25) is 4.99 Å². The molecule has 27 heavy (non-hydrogen) atoms. The number of rotatable bonds is 4. The summed E-state index contributed by atoms with van der Waals surface area (Å²) < 4.78 is 2.38. The molecular formula is C24H18N2S. The van der Waals surface area contributed by atoms with Gasteiger partial charge in [0, 0.05) is 22.9 Å². The molecule has 3 aromatic carbocycles. The largest absolute Gasteiger partial charge is 0.309 e. The zero-order valence-electron chi connectivity index (χ0n) is 14.8. The van der Waals surface area contributed by atoms with Crippen molar-refractivity contribution in [3.8, 4) is 5.69 Å². The summed E-state index contributed by atoms with van der Waals surface area (Å²) >= 11 is 1.64. The number of hydrogen-bond acceptors (Lipinski definition) is 2. The van der Waals surface area contributed by atoms with Crippen LogP contribution in [0.2, 0.25) is 0 Å². The zero-order valence-corrected chi connectivity index (χ0v) is 15.6. The summed E-state index contributed by atoms with van der Waals surface area (Å²) in [5.74, 6) is 0. The summed E-state index contributed by atoms with van der Waals surface area (Å²) in [6.45, 7) is 3.72. The normalized spacial score (nSPS) is 11.3. The van der Waals surface area contributed by atoms with Crippen LogP contribution in [0.3, 0.4) is 0 Å². The lowest BCUT2D eigenvalue weighted by molar-refractivity contribution is 1.14. The Morgan fingerprint density at radius 1 is 0.778 bits per heavy atom. The smallest absolute Gasteiger partial charge is 0.118 e. The van der Waals surface area contributed by atoms with Crippen molar-refractivity contribution >= 4 is 44.9 Å². The second kappa shape index (κ2) is 6.53. The van der Waals surface area contributed by atoms with Crippen LogP contribution in [0.15, 0.2) is 89.2 Å². The van der Waals surface area contributed by atoms with E-state index >= 15 is 0 Å². The van der Waals surface area contributed by atoms with Crippen molar-refractivity contribution < 1.29 is 0 Å². The average molecular weight is 366 g/mol. The summed E-state index contributed by atoms with van der Waals surface area (Å²) in [5.41, 5.74) is 6.22. The van der Waals surface area contributed by atoms with Gasteiger partial charge in [0.05, 0.1) is 11.0 Å². The van der Waals surface area contributed by atoms with E-state index in [0.29, 0.717) is 0 Å². The first-order valence-corrected chi connectivity index (χ1v) is 9.84. The molecule has 0 spiro atoms. The first-order valence-electron chi connectivity index (χ1n) is 8.96. The summed E-state index contributed by atoms with van der Waals surface area (Å²) in [4.78, 5) is 4.19. The van der Waals surface area contributed by atoms with Gasteiger partial charge < -0.3 is 4.57 Å². The highest BCUT2D eigenvalue weighted by molar-refractivity contribution is 7.14. The minimum absolute atomic E-state index is 0.846. The Morgan fingerprint density at radius 3 is 2.41 bits per heavy atom. The van der Waals surface area contributed by atoms with E-state index in [4.69, 9.17) is 0 Å². The predicted octanol–water partition coefficient (Wildman–Crippen LogP) is 6.77. The number of fused-ring (bicyclic) bond motifs is 3. The van der Waals surface area contributed by atoms with E-state index < -0.39 is 0 Å². The topological polar surface area (TPSA) is 17.3 Å². The molecule has 2 nitrogen and oxygen atoms in total. The number of nitrogens with zero attached hydrogens (tertiary/aromatic N) is 2. The van der Waals surface area contributed by atoms with Gasteiger partial charge in [0.25, 0.3) is 0 Å². The van der Waals surface area contributed by atoms with Crippen molar-refractivity contribution in [3.63, 3.8) is 0 Å². The molecule has 0 saturated carbocycles. The lowest BCUT2D eigenvalue weighted by atomic mass is 10.0. The zero-order chi connectivity index (χ0) is 18.2. The second-order valence-corrected chi connectivity index (χ2v) is 7.48. The fourth-order valence-corrected chi connectivity index (χ4v) is 4.61. The number of thiophene rings is 1.